The Balaban J connectivity index is 1.82. The zero-order valence-corrected chi connectivity index (χ0v) is 14.8. The average molecular weight is 334 g/mol. The largest absolute Gasteiger partial charge is 0.481 e. The highest BCUT2D eigenvalue weighted by molar-refractivity contribution is 7.09. The van der Waals surface area contributed by atoms with Gasteiger partial charge in [0.1, 0.15) is 5.56 Å². The first-order chi connectivity index (χ1) is 11.0. The van der Waals surface area contributed by atoms with Crippen LogP contribution in [0.15, 0.2) is 5.38 Å². The van der Waals surface area contributed by atoms with Crippen molar-refractivity contribution >= 4 is 17.2 Å². The van der Waals surface area contributed by atoms with Gasteiger partial charge in [0.05, 0.1) is 17.8 Å². The highest BCUT2D eigenvalue weighted by Gasteiger charge is 2.31. The lowest BCUT2D eigenvalue weighted by Crippen LogP contribution is -2.39. The molecule has 2 aromatic rings. The first kappa shape index (κ1) is 16.0. The van der Waals surface area contributed by atoms with Gasteiger partial charge in [-0.05, 0) is 26.7 Å². The van der Waals surface area contributed by atoms with Gasteiger partial charge >= 0.3 is 0 Å². The topological polar surface area (TPSA) is 60.2 Å². The third-order valence-corrected chi connectivity index (χ3v) is 5.40. The Morgan fingerprint density at radius 3 is 2.87 bits per heavy atom. The van der Waals surface area contributed by atoms with Crippen molar-refractivity contribution in [2.24, 2.45) is 7.05 Å². The molecule has 1 saturated heterocycles. The summed E-state index contributed by atoms with van der Waals surface area (Å²) in [5, 5.41) is 7.52. The van der Waals surface area contributed by atoms with E-state index in [2.05, 4.69) is 15.5 Å². The van der Waals surface area contributed by atoms with Crippen molar-refractivity contribution in [3.8, 4) is 5.88 Å². The molecular formula is C16H22N4O2S. The molecule has 7 heteroatoms. The summed E-state index contributed by atoms with van der Waals surface area (Å²) in [6, 6.07) is 0. The Morgan fingerprint density at radius 2 is 2.22 bits per heavy atom. The number of amides is 1. The Bertz CT molecular complexity index is 722. The first-order valence-corrected chi connectivity index (χ1v) is 8.68. The average Bonchev–Trinajstić information content (AvgIpc) is 3.09. The number of aryl methyl sites for hydroxylation is 3. The monoisotopic (exact) mass is 334 g/mol. The fourth-order valence-corrected chi connectivity index (χ4v) is 4.12. The SMILES string of the molecule is COc1c(C(=O)N2CCC[C@@H](c3nc(C)cs3)C2)c(C)nn1C. The van der Waals surface area contributed by atoms with Crippen LogP contribution in [0.1, 0.15) is 45.5 Å². The summed E-state index contributed by atoms with van der Waals surface area (Å²) in [4.78, 5) is 19.5. The quantitative estimate of drug-likeness (QED) is 0.865. The van der Waals surface area contributed by atoms with E-state index < -0.39 is 0 Å². The van der Waals surface area contributed by atoms with Crippen LogP contribution in [0.3, 0.4) is 0 Å². The lowest BCUT2D eigenvalue weighted by Gasteiger charge is -2.31. The molecule has 0 aliphatic carbocycles. The van der Waals surface area contributed by atoms with Crippen molar-refractivity contribution < 1.29 is 9.53 Å². The van der Waals surface area contributed by atoms with E-state index in [-0.39, 0.29) is 5.91 Å². The van der Waals surface area contributed by atoms with Crippen molar-refractivity contribution in [2.75, 3.05) is 20.2 Å². The summed E-state index contributed by atoms with van der Waals surface area (Å²) in [7, 11) is 3.37. The molecule has 23 heavy (non-hydrogen) atoms. The number of nitrogens with zero attached hydrogens (tertiary/aromatic N) is 4. The first-order valence-electron chi connectivity index (χ1n) is 7.80. The second-order valence-corrected chi connectivity index (χ2v) is 6.90. The van der Waals surface area contributed by atoms with E-state index in [0.717, 1.165) is 30.1 Å². The van der Waals surface area contributed by atoms with Gasteiger partial charge in [-0.25, -0.2) is 9.67 Å². The molecule has 1 aliphatic rings. The number of methoxy groups -OCH3 is 1. The molecule has 0 radical (unpaired) electrons. The molecule has 3 rings (SSSR count). The van der Waals surface area contributed by atoms with E-state index in [0.29, 0.717) is 29.6 Å². The van der Waals surface area contributed by atoms with E-state index in [4.69, 9.17) is 4.74 Å². The van der Waals surface area contributed by atoms with Crippen molar-refractivity contribution in [1.82, 2.24) is 19.7 Å². The number of ether oxygens (including phenoxy) is 1. The number of hydrogen-bond donors (Lipinski definition) is 0. The van der Waals surface area contributed by atoms with Crippen LogP contribution >= 0.6 is 11.3 Å². The molecular weight excluding hydrogens is 312 g/mol. The molecule has 0 spiro atoms. The summed E-state index contributed by atoms with van der Waals surface area (Å²) in [6.07, 6.45) is 2.08. The molecule has 6 nitrogen and oxygen atoms in total. The van der Waals surface area contributed by atoms with E-state index >= 15 is 0 Å². The Morgan fingerprint density at radius 1 is 1.43 bits per heavy atom. The minimum Gasteiger partial charge on any atom is -0.481 e. The van der Waals surface area contributed by atoms with Crippen molar-refractivity contribution in [2.45, 2.75) is 32.6 Å². The zero-order chi connectivity index (χ0) is 16.6. The van der Waals surface area contributed by atoms with Crippen LogP contribution in [0.2, 0.25) is 0 Å². The molecule has 0 unspecified atom stereocenters. The third-order valence-electron chi connectivity index (χ3n) is 4.27. The van der Waals surface area contributed by atoms with Gasteiger partial charge in [0.25, 0.3) is 5.91 Å². The highest BCUT2D eigenvalue weighted by Crippen LogP contribution is 2.31. The van der Waals surface area contributed by atoms with Crippen molar-refractivity contribution in [3.63, 3.8) is 0 Å². The highest BCUT2D eigenvalue weighted by atomic mass is 32.1. The van der Waals surface area contributed by atoms with Crippen LogP contribution < -0.4 is 4.74 Å². The maximum absolute atomic E-state index is 13.0. The number of piperidine rings is 1. The standard InChI is InChI=1S/C16H22N4O2S/c1-10-9-23-14(17-10)12-6-5-7-20(8-12)15(21)13-11(2)18-19(3)16(13)22-4/h9,12H,5-8H2,1-4H3/t12-/m1/s1. The van der Waals surface area contributed by atoms with Crippen molar-refractivity contribution in [1.29, 1.82) is 0 Å². The summed E-state index contributed by atoms with van der Waals surface area (Å²) < 4.78 is 6.99. The lowest BCUT2D eigenvalue weighted by molar-refractivity contribution is 0.0702. The van der Waals surface area contributed by atoms with E-state index in [1.807, 2.05) is 18.7 Å². The van der Waals surface area contributed by atoms with Gasteiger partial charge in [0, 0.05) is 37.1 Å². The van der Waals surface area contributed by atoms with E-state index in [1.54, 1.807) is 30.2 Å². The number of carbonyl (C=O) groups excluding carboxylic acids is 1. The van der Waals surface area contributed by atoms with E-state index in [1.165, 1.54) is 0 Å². The lowest BCUT2D eigenvalue weighted by atomic mass is 9.98. The number of hydrogen-bond acceptors (Lipinski definition) is 5. The van der Waals surface area contributed by atoms with Crippen LogP contribution in [0.5, 0.6) is 5.88 Å². The molecule has 1 amide bonds. The van der Waals surface area contributed by atoms with Gasteiger partial charge in [-0.15, -0.1) is 11.3 Å². The smallest absolute Gasteiger partial charge is 0.261 e. The predicted octanol–water partition coefficient (Wildman–Crippen LogP) is 2.52. The molecule has 124 valence electrons. The van der Waals surface area contributed by atoms with Crippen LogP contribution in [-0.2, 0) is 7.05 Å². The number of rotatable bonds is 3. The minimum atomic E-state index is 0.00503. The fourth-order valence-electron chi connectivity index (χ4n) is 3.20. The molecule has 3 heterocycles. The third kappa shape index (κ3) is 2.97. The summed E-state index contributed by atoms with van der Waals surface area (Å²) in [6.45, 7) is 5.34. The second kappa shape index (κ2) is 6.31. The maximum Gasteiger partial charge on any atom is 0.261 e. The van der Waals surface area contributed by atoms with Gasteiger partial charge in [0.15, 0.2) is 0 Å². The number of carbonyl (C=O) groups is 1. The summed E-state index contributed by atoms with van der Waals surface area (Å²) >= 11 is 1.69. The number of likely N-dealkylation sites (tertiary alicyclic amines) is 1. The zero-order valence-electron chi connectivity index (χ0n) is 14.0. The molecule has 0 aromatic carbocycles. The molecule has 1 aliphatic heterocycles. The van der Waals surface area contributed by atoms with Crippen LogP contribution in [0, 0.1) is 13.8 Å². The molecule has 1 atom stereocenters. The van der Waals surface area contributed by atoms with Gasteiger partial charge in [-0.1, -0.05) is 0 Å². The predicted molar refractivity (Wildman–Crippen MR) is 89.2 cm³/mol. The molecule has 1 fully saturated rings. The number of thiazole rings is 1. The molecule has 2 aromatic heterocycles. The van der Waals surface area contributed by atoms with Gasteiger partial charge in [-0.3, -0.25) is 4.79 Å². The fraction of sp³-hybridized carbons (Fsp3) is 0.562. The Hall–Kier alpha value is -1.89. The van der Waals surface area contributed by atoms with Gasteiger partial charge in [-0.2, -0.15) is 5.10 Å². The maximum atomic E-state index is 13.0. The van der Waals surface area contributed by atoms with Crippen molar-refractivity contribution in [3.05, 3.63) is 27.3 Å². The molecule has 0 bridgehead atoms. The molecule has 0 saturated carbocycles. The van der Waals surface area contributed by atoms with Gasteiger partial charge in [0.2, 0.25) is 5.88 Å². The molecule has 0 N–H and O–H groups in total. The van der Waals surface area contributed by atoms with Crippen LogP contribution in [-0.4, -0.2) is 45.8 Å². The minimum absolute atomic E-state index is 0.00503. The van der Waals surface area contributed by atoms with E-state index in [9.17, 15) is 4.79 Å². The second-order valence-electron chi connectivity index (χ2n) is 6.01. The Kier molecular flexibility index (Phi) is 4.39. The Labute approximate surface area is 140 Å². The van der Waals surface area contributed by atoms with Gasteiger partial charge < -0.3 is 9.64 Å². The normalized spacial score (nSPS) is 18.3. The van der Waals surface area contributed by atoms with Crippen LogP contribution in [0.4, 0.5) is 0 Å². The summed E-state index contributed by atoms with van der Waals surface area (Å²) in [5.74, 6) is 0.861. The number of aromatic nitrogens is 3. The summed E-state index contributed by atoms with van der Waals surface area (Å²) in [5.41, 5.74) is 2.34. The van der Waals surface area contributed by atoms with Crippen LogP contribution in [0.25, 0.3) is 0 Å².